The molecule has 0 heterocycles. The summed E-state index contributed by atoms with van der Waals surface area (Å²) in [6.45, 7) is 7.32. The number of nitrogens with zero attached hydrogens (tertiary/aromatic N) is 3. The standard InChI is InChI=1S/C10H17N3O3S/c1-9(2,3)17-6-10(4,8(15)16-5)7(14)12-13-11/h6H2,1-5H3. The quantitative estimate of drug-likeness (QED) is 0.255. The molecule has 6 nitrogen and oxygen atoms in total. The monoisotopic (exact) mass is 259 g/mol. The Morgan fingerprint density at radius 1 is 1.35 bits per heavy atom. The minimum absolute atomic E-state index is 0.105. The van der Waals surface area contributed by atoms with E-state index in [4.69, 9.17) is 5.53 Å². The number of carbonyl (C=O) groups excluding carboxylic acids is 2. The van der Waals surface area contributed by atoms with Crippen LogP contribution in [0.1, 0.15) is 27.7 Å². The van der Waals surface area contributed by atoms with Gasteiger partial charge in [-0.1, -0.05) is 20.8 Å². The third-order valence-electron chi connectivity index (χ3n) is 2.04. The van der Waals surface area contributed by atoms with Gasteiger partial charge in [0.05, 0.1) is 7.11 Å². The molecule has 0 spiro atoms. The second kappa shape index (κ2) is 5.93. The molecule has 0 saturated heterocycles. The first kappa shape index (κ1) is 15.8. The molecule has 0 aliphatic rings. The lowest BCUT2D eigenvalue weighted by atomic mass is 9.92. The molecule has 7 heteroatoms. The summed E-state index contributed by atoms with van der Waals surface area (Å²) in [7, 11) is 1.20. The third kappa shape index (κ3) is 4.66. The molecular weight excluding hydrogens is 242 g/mol. The highest BCUT2D eigenvalue weighted by molar-refractivity contribution is 8.00. The van der Waals surface area contributed by atoms with E-state index in [1.165, 1.54) is 25.8 Å². The van der Waals surface area contributed by atoms with E-state index in [1.807, 2.05) is 20.8 Å². The first-order valence-corrected chi connectivity index (χ1v) is 5.98. The number of hydrogen-bond acceptors (Lipinski definition) is 4. The molecule has 1 atom stereocenters. The molecule has 0 aromatic rings. The van der Waals surface area contributed by atoms with Gasteiger partial charge in [-0.05, 0) is 17.6 Å². The lowest BCUT2D eigenvalue weighted by Crippen LogP contribution is -2.39. The zero-order valence-corrected chi connectivity index (χ0v) is 11.5. The molecule has 1 amide bonds. The van der Waals surface area contributed by atoms with Crippen LogP contribution in [0, 0.1) is 5.41 Å². The number of thioether (sulfide) groups is 1. The average Bonchev–Trinajstić information content (AvgIpc) is 2.24. The zero-order valence-electron chi connectivity index (χ0n) is 10.7. The molecule has 0 bridgehead atoms. The van der Waals surface area contributed by atoms with E-state index in [9.17, 15) is 9.59 Å². The summed E-state index contributed by atoms with van der Waals surface area (Å²) < 4.78 is 4.49. The van der Waals surface area contributed by atoms with Crippen molar-refractivity contribution in [2.75, 3.05) is 12.9 Å². The number of azide groups is 1. The highest BCUT2D eigenvalue weighted by Crippen LogP contribution is 2.33. The Morgan fingerprint density at radius 2 is 1.88 bits per heavy atom. The van der Waals surface area contributed by atoms with Gasteiger partial charge in [-0.15, -0.1) is 0 Å². The average molecular weight is 259 g/mol. The molecule has 96 valence electrons. The molecule has 0 aliphatic heterocycles. The molecule has 0 fully saturated rings. The first-order chi connectivity index (χ1) is 7.67. The maximum absolute atomic E-state index is 11.6. The number of methoxy groups -OCH3 is 1. The normalized spacial score (nSPS) is 14.4. The Balaban J connectivity index is 5.05. The van der Waals surface area contributed by atoms with Gasteiger partial charge in [0.2, 0.25) is 5.91 Å². The van der Waals surface area contributed by atoms with Gasteiger partial charge >= 0.3 is 5.97 Å². The van der Waals surface area contributed by atoms with Crippen LogP contribution in [0.5, 0.6) is 0 Å². The number of ether oxygens (including phenoxy) is 1. The van der Waals surface area contributed by atoms with Crippen molar-refractivity contribution in [2.45, 2.75) is 32.4 Å². The Bertz CT molecular complexity index is 358. The molecule has 17 heavy (non-hydrogen) atoms. The fourth-order valence-corrected chi connectivity index (χ4v) is 1.91. The smallest absolute Gasteiger partial charge is 0.320 e. The van der Waals surface area contributed by atoms with Gasteiger partial charge in [-0.2, -0.15) is 11.8 Å². The van der Waals surface area contributed by atoms with Crippen molar-refractivity contribution in [1.82, 2.24) is 0 Å². The summed E-state index contributed by atoms with van der Waals surface area (Å²) in [6.07, 6.45) is 0. The largest absolute Gasteiger partial charge is 0.468 e. The molecular formula is C10H17N3O3S. The fourth-order valence-electron chi connectivity index (χ4n) is 0.945. The van der Waals surface area contributed by atoms with Crippen molar-refractivity contribution in [3.8, 4) is 0 Å². The van der Waals surface area contributed by atoms with Gasteiger partial charge in [0, 0.05) is 15.4 Å². The van der Waals surface area contributed by atoms with Gasteiger partial charge in [-0.3, -0.25) is 9.59 Å². The van der Waals surface area contributed by atoms with Gasteiger partial charge in [0.25, 0.3) is 0 Å². The van der Waals surface area contributed by atoms with Crippen molar-refractivity contribution in [2.24, 2.45) is 10.5 Å². The minimum Gasteiger partial charge on any atom is -0.468 e. The van der Waals surface area contributed by atoms with Crippen molar-refractivity contribution in [3.05, 3.63) is 10.4 Å². The lowest BCUT2D eigenvalue weighted by Gasteiger charge is -2.27. The van der Waals surface area contributed by atoms with Crippen LogP contribution in [0.3, 0.4) is 0 Å². The third-order valence-corrected chi connectivity index (χ3v) is 3.63. The molecule has 0 radical (unpaired) electrons. The van der Waals surface area contributed by atoms with E-state index >= 15 is 0 Å². The molecule has 0 aromatic heterocycles. The summed E-state index contributed by atoms with van der Waals surface area (Å²) in [5.41, 5.74) is 6.83. The summed E-state index contributed by atoms with van der Waals surface area (Å²) >= 11 is 1.43. The van der Waals surface area contributed by atoms with E-state index in [1.54, 1.807) is 0 Å². The van der Waals surface area contributed by atoms with Crippen LogP contribution in [0.4, 0.5) is 0 Å². The highest BCUT2D eigenvalue weighted by Gasteiger charge is 2.42. The first-order valence-electron chi connectivity index (χ1n) is 4.99. The SMILES string of the molecule is COC(=O)C(C)(CSC(C)(C)C)C(=O)N=[N+]=[N-]. The van der Waals surface area contributed by atoms with E-state index in [-0.39, 0.29) is 10.5 Å². The van der Waals surface area contributed by atoms with Crippen LogP contribution in [0.15, 0.2) is 5.11 Å². The van der Waals surface area contributed by atoms with Crippen molar-refractivity contribution < 1.29 is 14.3 Å². The summed E-state index contributed by atoms with van der Waals surface area (Å²) in [4.78, 5) is 25.7. The highest BCUT2D eigenvalue weighted by atomic mass is 32.2. The van der Waals surface area contributed by atoms with Crippen molar-refractivity contribution in [3.63, 3.8) is 0 Å². The van der Waals surface area contributed by atoms with Gasteiger partial charge in [0.15, 0.2) is 0 Å². The number of rotatable bonds is 4. The van der Waals surface area contributed by atoms with Crippen LogP contribution in [-0.2, 0) is 14.3 Å². The van der Waals surface area contributed by atoms with Crippen molar-refractivity contribution >= 4 is 23.6 Å². The Kier molecular flexibility index (Phi) is 5.51. The number of amides is 1. The Hall–Kier alpha value is -1.20. The van der Waals surface area contributed by atoms with Crippen LogP contribution in [-0.4, -0.2) is 29.5 Å². The molecule has 0 saturated carbocycles. The topological polar surface area (TPSA) is 92.1 Å². The van der Waals surface area contributed by atoms with Gasteiger partial charge in [0.1, 0.15) is 5.41 Å². The minimum atomic E-state index is -1.43. The van der Waals surface area contributed by atoms with Crippen LogP contribution in [0.2, 0.25) is 0 Å². The predicted molar refractivity (Wildman–Crippen MR) is 66.5 cm³/mol. The second-order valence-corrected chi connectivity index (χ2v) is 6.52. The maximum Gasteiger partial charge on any atom is 0.320 e. The number of hydrogen-bond donors (Lipinski definition) is 0. The summed E-state index contributed by atoms with van der Waals surface area (Å²) in [5, 5.41) is 2.99. The molecule has 0 aromatic carbocycles. The van der Waals surface area contributed by atoms with E-state index in [0.717, 1.165) is 0 Å². The predicted octanol–water partition coefficient (Wildman–Crippen LogP) is 2.53. The second-order valence-electron chi connectivity index (χ2n) is 4.72. The maximum atomic E-state index is 11.6. The van der Waals surface area contributed by atoms with Crippen LogP contribution >= 0.6 is 11.8 Å². The molecule has 0 N–H and O–H groups in total. The molecule has 0 aliphatic carbocycles. The van der Waals surface area contributed by atoms with E-state index < -0.39 is 17.3 Å². The zero-order chi connectivity index (χ0) is 13.7. The van der Waals surface area contributed by atoms with Gasteiger partial charge in [-0.25, -0.2) is 0 Å². The lowest BCUT2D eigenvalue weighted by molar-refractivity contribution is -0.154. The Morgan fingerprint density at radius 3 is 2.24 bits per heavy atom. The number of carbonyl (C=O) groups is 2. The number of esters is 1. The summed E-state index contributed by atoms with van der Waals surface area (Å²) in [6, 6.07) is 0. The fraction of sp³-hybridized carbons (Fsp3) is 0.800. The molecule has 1 unspecified atom stereocenters. The summed E-state index contributed by atoms with van der Waals surface area (Å²) in [5.74, 6) is -1.30. The van der Waals surface area contributed by atoms with E-state index in [2.05, 4.69) is 14.8 Å². The molecule has 0 rings (SSSR count). The Labute approximate surface area is 105 Å². The van der Waals surface area contributed by atoms with Gasteiger partial charge < -0.3 is 4.74 Å². The van der Waals surface area contributed by atoms with Crippen molar-refractivity contribution in [1.29, 1.82) is 0 Å². The van der Waals surface area contributed by atoms with Crippen LogP contribution < -0.4 is 0 Å². The van der Waals surface area contributed by atoms with E-state index in [0.29, 0.717) is 0 Å². The van der Waals surface area contributed by atoms with Crippen LogP contribution in [0.25, 0.3) is 10.4 Å².